The third-order valence-electron chi connectivity index (χ3n) is 7.66. The van der Waals surface area contributed by atoms with E-state index in [0.717, 1.165) is 27.7 Å². The molecular weight excluding hydrogens is 584 g/mol. The van der Waals surface area contributed by atoms with Gasteiger partial charge in [-0.05, 0) is 99.9 Å². The maximum absolute atomic E-state index is 6.11. The van der Waals surface area contributed by atoms with Crippen LogP contribution in [0, 0.1) is 12.8 Å². The zero-order valence-corrected chi connectivity index (χ0v) is 24.7. The smallest absolute Gasteiger partial charge is 0.175 e. The number of aliphatic imine (C=N–C) groups is 1. The van der Waals surface area contributed by atoms with Crippen molar-refractivity contribution in [1.29, 1.82) is 0 Å². The lowest BCUT2D eigenvalue weighted by Crippen LogP contribution is -2.29. The van der Waals surface area contributed by atoms with E-state index in [1.807, 2.05) is 42.6 Å². The molecule has 4 nitrogen and oxygen atoms in total. The van der Waals surface area contributed by atoms with E-state index >= 15 is 0 Å². The standard InChI is InChI=1S/C34H30BrClN2O2/c1-21-9-14-31-29(15-21)27-7-4-8-28(27)33(38-31)24-10-12-26(13-11-24)37-19-23-17-30(35)34(32(18-23)39-2)40-20-22-5-3-6-25(36)16-22/h3-7,9-19,27-28,33,38H,8,20H2,1-2H3/t27-,28+,33-/m0/s1. The van der Waals surface area contributed by atoms with Gasteiger partial charge in [0.25, 0.3) is 0 Å². The quantitative estimate of drug-likeness (QED) is 0.167. The Morgan fingerprint density at radius 1 is 1.05 bits per heavy atom. The maximum Gasteiger partial charge on any atom is 0.175 e. The lowest BCUT2D eigenvalue weighted by atomic mass is 9.76. The van der Waals surface area contributed by atoms with Crippen molar-refractivity contribution in [2.75, 3.05) is 12.4 Å². The second-order valence-corrected chi connectivity index (χ2v) is 11.7. The topological polar surface area (TPSA) is 42.8 Å². The molecule has 1 heterocycles. The van der Waals surface area contributed by atoms with Gasteiger partial charge >= 0.3 is 0 Å². The number of halogens is 2. The number of anilines is 1. The first kappa shape index (κ1) is 26.7. The molecular formula is C34H30BrClN2O2. The number of fused-ring (bicyclic) bond motifs is 3. The molecule has 0 saturated heterocycles. The van der Waals surface area contributed by atoms with Crippen molar-refractivity contribution < 1.29 is 9.47 Å². The summed E-state index contributed by atoms with van der Waals surface area (Å²) in [5.74, 6) is 2.25. The molecule has 0 aromatic heterocycles. The van der Waals surface area contributed by atoms with Crippen molar-refractivity contribution in [3.05, 3.63) is 128 Å². The van der Waals surface area contributed by atoms with Gasteiger partial charge in [-0.1, -0.05) is 65.7 Å². The molecule has 0 spiro atoms. The summed E-state index contributed by atoms with van der Waals surface area (Å²) in [5, 5.41) is 4.50. The summed E-state index contributed by atoms with van der Waals surface area (Å²) < 4.78 is 12.5. The molecule has 1 aliphatic carbocycles. The molecule has 0 saturated carbocycles. The van der Waals surface area contributed by atoms with Crippen LogP contribution < -0.4 is 14.8 Å². The number of rotatable bonds is 7. The van der Waals surface area contributed by atoms with E-state index in [0.29, 0.717) is 35.0 Å². The van der Waals surface area contributed by atoms with Crippen molar-refractivity contribution in [2.24, 2.45) is 10.9 Å². The fraction of sp³-hybridized carbons (Fsp3) is 0.206. The summed E-state index contributed by atoms with van der Waals surface area (Å²) in [5.41, 5.74) is 8.04. The minimum absolute atomic E-state index is 0.271. The Balaban J connectivity index is 1.17. The molecule has 0 bridgehead atoms. The van der Waals surface area contributed by atoms with Crippen molar-refractivity contribution >= 4 is 45.1 Å². The number of benzene rings is 4. The summed E-state index contributed by atoms with van der Waals surface area (Å²) in [6, 6.07) is 27.1. The molecule has 0 radical (unpaired) electrons. The van der Waals surface area contributed by atoms with E-state index in [-0.39, 0.29) is 6.04 Å². The SMILES string of the molecule is COc1cc(C=Nc2ccc([C@@H]3Nc4ccc(C)cc4[C@H]4C=CC[C@H]43)cc2)cc(Br)c1OCc1cccc(Cl)c1. The van der Waals surface area contributed by atoms with Crippen LogP contribution in [0.3, 0.4) is 0 Å². The minimum atomic E-state index is 0.271. The van der Waals surface area contributed by atoms with E-state index in [9.17, 15) is 0 Å². The molecule has 0 amide bonds. The van der Waals surface area contributed by atoms with Crippen LogP contribution in [0.4, 0.5) is 11.4 Å². The lowest BCUT2D eigenvalue weighted by molar-refractivity contribution is 0.282. The third-order valence-corrected chi connectivity index (χ3v) is 8.48. The highest BCUT2D eigenvalue weighted by Crippen LogP contribution is 2.50. The molecule has 40 heavy (non-hydrogen) atoms. The molecule has 6 rings (SSSR count). The van der Waals surface area contributed by atoms with Crippen LogP contribution in [0.2, 0.25) is 5.02 Å². The number of hydrogen-bond donors (Lipinski definition) is 1. The molecule has 1 aliphatic heterocycles. The number of nitrogens with one attached hydrogen (secondary N) is 1. The normalized spacial score (nSPS) is 19.2. The molecule has 4 aromatic rings. The summed E-state index contributed by atoms with van der Waals surface area (Å²) in [6.45, 7) is 2.55. The van der Waals surface area contributed by atoms with Gasteiger partial charge in [0, 0.05) is 22.8 Å². The van der Waals surface area contributed by atoms with Gasteiger partial charge < -0.3 is 14.8 Å². The van der Waals surface area contributed by atoms with Crippen LogP contribution in [-0.4, -0.2) is 13.3 Å². The van der Waals surface area contributed by atoms with Crippen molar-refractivity contribution in [1.82, 2.24) is 0 Å². The Hall–Kier alpha value is -3.54. The molecule has 2 aliphatic rings. The zero-order valence-electron chi connectivity index (χ0n) is 22.4. The number of aryl methyl sites for hydroxylation is 1. The number of hydrogen-bond acceptors (Lipinski definition) is 4. The lowest BCUT2D eigenvalue weighted by Gasteiger charge is -2.37. The fourth-order valence-corrected chi connectivity index (χ4v) is 6.48. The van der Waals surface area contributed by atoms with Gasteiger partial charge in [0.05, 0.1) is 23.3 Å². The van der Waals surface area contributed by atoms with Gasteiger partial charge in [-0.25, -0.2) is 0 Å². The van der Waals surface area contributed by atoms with E-state index in [2.05, 4.69) is 82.8 Å². The van der Waals surface area contributed by atoms with Crippen LogP contribution in [0.15, 0.2) is 100 Å². The summed E-state index contributed by atoms with van der Waals surface area (Å²) in [7, 11) is 1.64. The molecule has 4 aromatic carbocycles. The Morgan fingerprint density at radius 2 is 1.90 bits per heavy atom. The van der Waals surface area contributed by atoms with E-state index in [1.54, 1.807) is 7.11 Å². The fourth-order valence-electron chi connectivity index (χ4n) is 5.70. The van der Waals surface area contributed by atoms with Gasteiger partial charge in [-0.2, -0.15) is 0 Å². The molecule has 0 unspecified atom stereocenters. The van der Waals surface area contributed by atoms with Crippen molar-refractivity contribution in [2.45, 2.75) is 31.9 Å². The van der Waals surface area contributed by atoms with Gasteiger partial charge in [-0.3, -0.25) is 4.99 Å². The van der Waals surface area contributed by atoms with E-state index < -0.39 is 0 Å². The van der Waals surface area contributed by atoms with Crippen LogP contribution >= 0.6 is 27.5 Å². The highest BCUT2D eigenvalue weighted by atomic mass is 79.9. The molecule has 202 valence electrons. The maximum atomic E-state index is 6.11. The Bertz CT molecular complexity index is 1600. The first-order valence-electron chi connectivity index (χ1n) is 13.4. The second kappa shape index (κ2) is 11.5. The monoisotopic (exact) mass is 612 g/mol. The highest BCUT2D eigenvalue weighted by Gasteiger charge is 2.37. The van der Waals surface area contributed by atoms with Crippen molar-refractivity contribution in [3.8, 4) is 11.5 Å². The average Bonchev–Trinajstić information content (AvgIpc) is 3.46. The molecule has 0 fully saturated rings. The van der Waals surface area contributed by atoms with Gasteiger partial charge in [0.2, 0.25) is 0 Å². The second-order valence-electron chi connectivity index (χ2n) is 10.4. The summed E-state index contributed by atoms with van der Waals surface area (Å²) >= 11 is 9.74. The largest absolute Gasteiger partial charge is 0.493 e. The number of allylic oxidation sites excluding steroid dienone is 2. The van der Waals surface area contributed by atoms with Crippen molar-refractivity contribution in [3.63, 3.8) is 0 Å². The molecule has 1 N–H and O–H groups in total. The van der Waals surface area contributed by atoms with Crippen LogP contribution in [0.1, 0.15) is 46.2 Å². The third kappa shape index (κ3) is 5.54. The predicted octanol–water partition coefficient (Wildman–Crippen LogP) is 9.58. The minimum Gasteiger partial charge on any atom is -0.493 e. The first-order valence-corrected chi connectivity index (χ1v) is 14.6. The first-order chi connectivity index (χ1) is 19.5. The van der Waals surface area contributed by atoms with Gasteiger partial charge in [0.15, 0.2) is 11.5 Å². The number of nitrogens with zero attached hydrogens (tertiary/aromatic N) is 1. The Labute approximate surface area is 248 Å². The highest BCUT2D eigenvalue weighted by molar-refractivity contribution is 9.10. The van der Waals surface area contributed by atoms with Crippen LogP contribution in [-0.2, 0) is 6.61 Å². The Morgan fingerprint density at radius 3 is 2.70 bits per heavy atom. The molecule has 3 atom stereocenters. The number of methoxy groups -OCH3 is 1. The van der Waals surface area contributed by atoms with Gasteiger partial charge in [-0.15, -0.1) is 0 Å². The number of ether oxygens (including phenoxy) is 2. The zero-order chi connectivity index (χ0) is 27.6. The summed E-state index contributed by atoms with van der Waals surface area (Å²) in [6.07, 6.45) is 7.65. The Kier molecular flexibility index (Phi) is 7.68. The molecule has 6 heteroatoms. The van der Waals surface area contributed by atoms with Crippen LogP contribution in [0.25, 0.3) is 0 Å². The van der Waals surface area contributed by atoms with Gasteiger partial charge in [0.1, 0.15) is 6.61 Å². The van der Waals surface area contributed by atoms with E-state index in [4.69, 9.17) is 26.1 Å². The van der Waals surface area contributed by atoms with E-state index in [1.165, 1.54) is 22.4 Å². The van der Waals surface area contributed by atoms with Crippen LogP contribution in [0.5, 0.6) is 11.5 Å². The average molecular weight is 614 g/mol. The summed E-state index contributed by atoms with van der Waals surface area (Å²) in [4.78, 5) is 4.73. The predicted molar refractivity (Wildman–Crippen MR) is 168 cm³/mol.